The third-order valence-electron chi connectivity index (χ3n) is 6.44. The van der Waals surface area contributed by atoms with Gasteiger partial charge in [-0.25, -0.2) is 14.4 Å². The average Bonchev–Trinajstić information content (AvgIpc) is 3.40. The van der Waals surface area contributed by atoms with Gasteiger partial charge in [0.05, 0.1) is 29.4 Å². The Morgan fingerprint density at radius 1 is 1.22 bits per heavy atom. The summed E-state index contributed by atoms with van der Waals surface area (Å²) in [5, 5.41) is 7.63. The molecule has 2 N–H and O–H groups in total. The Hall–Kier alpha value is -3.43. The number of aromatic nitrogens is 2. The second-order valence-corrected chi connectivity index (χ2v) is 9.30. The minimum atomic E-state index is -0.486. The summed E-state index contributed by atoms with van der Waals surface area (Å²) in [6, 6.07) is 8.45. The summed E-state index contributed by atoms with van der Waals surface area (Å²) in [6.07, 6.45) is 5.22. The number of benzene rings is 2. The predicted molar refractivity (Wildman–Crippen MR) is 138 cm³/mol. The maximum Gasteiger partial charge on any atom is 0.245 e. The zero-order valence-corrected chi connectivity index (χ0v) is 20.4. The molecule has 1 amide bonds. The van der Waals surface area contributed by atoms with Crippen LogP contribution in [0.15, 0.2) is 49.3 Å². The highest BCUT2D eigenvalue weighted by Gasteiger charge is 2.24. The summed E-state index contributed by atoms with van der Waals surface area (Å²) in [7, 11) is 0. The smallest absolute Gasteiger partial charge is 0.245 e. The van der Waals surface area contributed by atoms with E-state index < -0.39 is 5.82 Å². The fourth-order valence-electron chi connectivity index (χ4n) is 4.48. The molecule has 8 nitrogen and oxygen atoms in total. The first-order chi connectivity index (χ1) is 17.5. The maximum atomic E-state index is 13.6. The van der Waals surface area contributed by atoms with E-state index in [0.717, 1.165) is 30.3 Å². The number of hydrogen-bond acceptors (Lipinski definition) is 7. The van der Waals surface area contributed by atoms with E-state index >= 15 is 0 Å². The number of fused-ring (bicyclic) bond motifs is 1. The van der Waals surface area contributed by atoms with Crippen molar-refractivity contribution in [1.82, 2.24) is 14.9 Å². The molecule has 5 rings (SSSR count). The van der Waals surface area contributed by atoms with E-state index in [-0.39, 0.29) is 23.1 Å². The molecule has 0 spiro atoms. The lowest BCUT2D eigenvalue weighted by Crippen LogP contribution is -2.41. The van der Waals surface area contributed by atoms with E-state index in [1.54, 1.807) is 6.07 Å². The number of nitrogens with zero attached hydrogens (tertiary/aromatic N) is 3. The molecule has 0 saturated carbocycles. The van der Waals surface area contributed by atoms with Crippen LogP contribution in [0.4, 0.5) is 21.6 Å². The van der Waals surface area contributed by atoms with E-state index in [9.17, 15) is 9.18 Å². The van der Waals surface area contributed by atoms with Crippen molar-refractivity contribution in [1.29, 1.82) is 0 Å². The molecule has 10 heteroatoms. The van der Waals surface area contributed by atoms with Crippen LogP contribution in [-0.2, 0) is 9.53 Å². The lowest BCUT2D eigenvalue weighted by molar-refractivity contribution is -0.126. The Morgan fingerprint density at radius 3 is 2.78 bits per heavy atom. The molecule has 2 aliphatic heterocycles. The number of hydrogen-bond donors (Lipinski definition) is 2. The van der Waals surface area contributed by atoms with Crippen molar-refractivity contribution in [3.63, 3.8) is 0 Å². The standard InChI is InChI=1S/C26H27ClFN5O3/c1-2-25(34)33-8-5-16(6-9-33)31-23-12-19-22(13-24(23)36-18-7-10-35-14-18)29-15-30-26(19)32-17-3-4-21(28)20(27)11-17/h2-4,11-13,15-16,18,31H,1,5-10,14H2,(H,29,30,32). The van der Waals surface area contributed by atoms with Gasteiger partial charge in [0.1, 0.15) is 29.8 Å². The number of anilines is 3. The van der Waals surface area contributed by atoms with E-state index in [4.69, 9.17) is 21.1 Å². The van der Waals surface area contributed by atoms with E-state index in [0.29, 0.717) is 49.1 Å². The Kier molecular flexibility index (Phi) is 7.20. The molecule has 0 aliphatic carbocycles. The number of halogens is 2. The second kappa shape index (κ2) is 10.7. The van der Waals surface area contributed by atoms with Crippen molar-refractivity contribution in [2.45, 2.75) is 31.4 Å². The summed E-state index contributed by atoms with van der Waals surface area (Å²) in [4.78, 5) is 22.6. The number of nitrogens with one attached hydrogen (secondary N) is 2. The quantitative estimate of drug-likeness (QED) is 0.435. The molecule has 3 heterocycles. The summed E-state index contributed by atoms with van der Waals surface area (Å²) >= 11 is 5.96. The second-order valence-electron chi connectivity index (χ2n) is 8.89. The number of piperidine rings is 1. The fraction of sp³-hybridized carbons (Fsp3) is 0.346. The van der Waals surface area contributed by atoms with Gasteiger partial charge in [-0.3, -0.25) is 4.79 Å². The van der Waals surface area contributed by atoms with Gasteiger partial charge < -0.3 is 25.0 Å². The van der Waals surface area contributed by atoms with Gasteiger partial charge in [0.2, 0.25) is 5.91 Å². The molecule has 1 unspecified atom stereocenters. The van der Waals surface area contributed by atoms with Crippen LogP contribution >= 0.6 is 11.6 Å². The summed E-state index contributed by atoms with van der Waals surface area (Å²) in [5.74, 6) is 0.725. The number of rotatable bonds is 7. The lowest BCUT2D eigenvalue weighted by Gasteiger charge is -2.32. The van der Waals surface area contributed by atoms with Gasteiger partial charge in [0, 0.05) is 42.7 Å². The van der Waals surface area contributed by atoms with Crippen LogP contribution in [-0.4, -0.2) is 59.2 Å². The van der Waals surface area contributed by atoms with Crippen LogP contribution in [0, 0.1) is 5.82 Å². The van der Waals surface area contributed by atoms with Gasteiger partial charge in [0.15, 0.2) is 0 Å². The maximum absolute atomic E-state index is 13.6. The highest BCUT2D eigenvalue weighted by atomic mass is 35.5. The van der Waals surface area contributed by atoms with E-state index in [2.05, 4.69) is 27.2 Å². The van der Waals surface area contributed by atoms with Gasteiger partial charge in [-0.05, 0) is 43.2 Å². The largest absolute Gasteiger partial charge is 0.486 e. The summed E-state index contributed by atoms with van der Waals surface area (Å²) in [6.45, 7) is 6.11. The van der Waals surface area contributed by atoms with Crippen LogP contribution in [0.1, 0.15) is 19.3 Å². The number of carbonyl (C=O) groups is 1. The molecular weight excluding hydrogens is 485 g/mol. The molecular formula is C26H27ClFN5O3. The Balaban J connectivity index is 1.45. The monoisotopic (exact) mass is 511 g/mol. The number of amides is 1. The third kappa shape index (κ3) is 5.37. The van der Waals surface area contributed by atoms with Gasteiger partial charge >= 0.3 is 0 Å². The van der Waals surface area contributed by atoms with Crippen molar-refractivity contribution >= 4 is 45.6 Å². The first kappa shape index (κ1) is 24.3. The van der Waals surface area contributed by atoms with Crippen LogP contribution < -0.4 is 15.4 Å². The number of ether oxygens (including phenoxy) is 2. The molecule has 3 aromatic rings. The normalized spacial score (nSPS) is 18.3. The third-order valence-corrected chi connectivity index (χ3v) is 6.73. The minimum absolute atomic E-state index is 0.0245. The number of likely N-dealkylation sites (tertiary alicyclic amines) is 1. The molecule has 188 valence electrons. The number of carbonyl (C=O) groups excluding carboxylic acids is 1. The first-order valence-corrected chi connectivity index (χ1v) is 12.3. The van der Waals surface area contributed by atoms with Gasteiger partial charge in [-0.15, -0.1) is 0 Å². The first-order valence-electron chi connectivity index (χ1n) is 11.9. The van der Waals surface area contributed by atoms with Gasteiger partial charge in [-0.2, -0.15) is 0 Å². The van der Waals surface area contributed by atoms with E-state index in [1.807, 2.05) is 17.0 Å². The van der Waals surface area contributed by atoms with Crippen LogP contribution in [0.3, 0.4) is 0 Å². The molecule has 0 radical (unpaired) electrons. The minimum Gasteiger partial charge on any atom is -0.486 e. The zero-order chi connectivity index (χ0) is 25.1. The fourth-order valence-corrected chi connectivity index (χ4v) is 4.66. The van der Waals surface area contributed by atoms with Gasteiger partial charge in [-0.1, -0.05) is 18.2 Å². The van der Waals surface area contributed by atoms with Crippen LogP contribution in [0.25, 0.3) is 10.9 Å². The van der Waals surface area contributed by atoms with Crippen molar-refractivity contribution in [2.24, 2.45) is 0 Å². The topological polar surface area (TPSA) is 88.6 Å². The van der Waals surface area contributed by atoms with Crippen molar-refractivity contribution in [3.8, 4) is 5.75 Å². The molecule has 1 aromatic heterocycles. The molecule has 2 aromatic carbocycles. The van der Waals surface area contributed by atoms with Crippen molar-refractivity contribution in [2.75, 3.05) is 36.9 Å². The van der Waals surface area contributed by atoms with Gasteiger partial charge in [0.25, 0.3) is 0 Å². The predicted octanol–water partition coefficient (Wildman–Crippen LogP) is 4.92. The molecule has 0 bridgehead atoms. The van der Waals surface area contributed by atoms with E-state index in [1.165, 1.54) is 24.5 Å². The molecule has 36 heavy (non-hydrogen) atoms. The Bertz CT molecular complexity index is 1280. The van der Waals surface area contributed by atoms with Crippen molar-refractivity contribution < 1.29 is 18.7 Å². The summed E-state index contributed by atoms with van der Waals surface area (Å²) < 4.78 is 25.4. The van der Waals surface area contributed by atoms with Crippen LogP contribution in [0.5, 0.6) is 5.75 Å². The highest BCUT2D eigenvalue weighted by molar-refractivity contribution is 6.31. The SMILES string of the molecule is C=CC(=O)N1CCC(Nc2cc3c(Nc4ccc(F)c(Cl)c4)ncnc3cc2OC2CCOC2)CC1. The molecule has 2 fully saturated rings. The van der Waals surface area contributed by atoms with Crippen LogP contribution in [0.2, 0.25) is 5.02 Å². The molecule has 2 aliphatic rings. The average molecular weight is 512 g/mol. The highest BCUT2D eigenvalue weighted by Crippen LogP contribution is 2.36. The Labute approximate surface area is 213 Å². The lowest BCUT2D eigenvalue weighted by atomic mass is 10.0. The molecule has 2 saturated heterocycles. The Morgan fingerprint density at radius 2 is 2.06 bits per heavy atom. The van der Waals surface area contributed by atoms with Crippen molar-refractivity contribution in [3.05, 3.63) is 60.2 Å². The molecule has 1 atom stereocenters. The zero-order valence-electron chi connectivity index (χ0n) is 19.7. The summed E-state index contributed by atoms with van der Waals surface area (Å²) in [5.41, 5.74) is 2.13.